The molecule has 0 aliphatic carbocycles. The first-order chi connectivity index (χ1) is 10.9. The molecule has 0 aliphatic heterocycles. The highest BCUT2D eigenvalue weighted by atomic mass is 35.5. The van der Waals surface area contributed by atoms with E-state index < -0.39 is 17.4 Å². The maximum absolute atomic E-state index is 11.9. The Balaban J connectivity index is 2.06. The fraction of sp³-hybridized carbons (Fsp3) is 0.0714. The first-order valence-corrected chi connectivity index (χ1v) is 7.32. The van der Waals surface area contributed by atoms with E-state index in [1.54, 1.807) is 6.07 Å². The van der Waals surface area contributed by atoms with Crippen molar-refractivity contribution in [1.82, 2.24) is 0 Å². The molecule has 23 heavy (non-hydrogen) atoms. The number of ether oxygens (including phenoxy) is 1. The number of carbonyl (C=O) groups excluding carboxylic acids is 1. The van der Waals surface area contributed by atoms with Crippen LogP contribution in [0.25, 0.3) is 0 Å². The smallest absolute Gasteiger partial charge is 0.292 e. The molecule has 2 rings (SSSR count). The van der Waals surface area contributed by atoms with Crippen LogP contribution in [0, 0.1) is 10.1 Å². The summed E-state index contributed by atoms with van der Waals surface area (Å²) in [5.41, 5.74) is -0.150. The first-order valence-electron chi connectivity index (χ1n) is 6.19. The lowest BCUT2D eigenvalue weighted by Gasteiger charge is -2.10. The van der Waals surface area contributed by atoms with Crippen molar-refractivity contribution in [2.24, 2.45) is 0 Å². The SMILES string of the molecule is O=C(COc1c(Cl)cc(Cl)cc1Cl)Nc1ccccc1[N+](=O)[O-]. The first kappa shape index (κ1) is 17.3. The monoisotopic (exact) mass is 374 g/mol. The van der Waals surface area contributed by atoms with Crippen LogP contribution in [0.1, 0.15) is 0 Å². The van der Waals surface area contributed by atoms with E-state index in [1.165, 1.54) is 30.3 Å². The fourth-order valence-electron chi connectivity index (χ4n) is 1.73. The van der Waals surface area contributed by atoms with Crippen LogP contribution in [-0.4, -0.2) is 17.4 Å². The predicted molar refractivity (Wildman–Crippen MR) is 88.7 cm³/mol. The second-order valence-electron chi connectivity index (χ2n) is 4.31. The molecule has 0 fully saturated rings. The second kappa shape index (κ2) is 7.50. The quantitative estimate of drug-likeness (QED) is 0.613. The third kappa shape index (κ3) is 4.48. The number of para-hydroxylation sites is 2. The van der Waals surface area contributed by atoms with Crippen LogP contribution >= 0.6 is 34.8 Å². The minimum atomic E-state index is -0.596. The molecule has 2 aromatic carbocycles. The number of nitrogens with zero attached hydrogens (tertiary/aromatic N) is 1. The molecule has 0 bridgehead atoms. The van der Waals surface area contributed by atoms with Crippen LogP contribution in [0.3, 0.4) is 0 Å². The Kier molecular flexibility index (Phi) is 5.65. The standard InChI is InChI=1S/C14H9Cl3N2O4/c15-8-5-9(16)14(10(17)6-8)23-7-13(20)18-11-3-1-2-4-12(11)19(21)22/h1-6H,7H2,(H,18,20). The van der Waals surface area contributed by atoms with Crippen molar-refractivity contribution in [1.29, 1.82) is 0 Å². The number of hydrogen-bond donors (Lipinski definition) is 1. The predicted octanol–water partition coefficient (Wildman–Crippen LogP) is 4.57. The summed E-state index contributed by atoms with van der Waals surface area (Å²) in [6.07, 6.45) is 0. The third-order valence-corrected chi connectivity index (χ3v) is 3.47. The Bertz CT molecular complexity index is 744. The van der Waals surface area contributed by atoms with Gasteiger partial charge in [0.05, 0.1) is 15.0 Å². The van der Waals surface area contributed by atoms with Crippen molar-refractivity contribution in [3.63, 3.8) is 0 Å². The van der Waals surface area contributed by atoms with Gasteiger partial charge in [-0.15, -0.1) is 0 Å². The summed E-state index contributed by atoms with van der Waals surface area (Å²) in [6, 6.07) is 8.60. The van der Waals surface area contributed by atoms with Crippen molar-refractivity contribution in [3.05, 3.63) is 61.6 Å². The van der Waals surface area contributed by atoms with Gasteiger partial charge < -0.3 is 10.1 Å². The number of halogens is 3. The molecular formula is C14H9Cl3N2O4. The topological polar surface area (TPSA) is 81.5 Å². The van der Waals surface area contributed by atoms with Gasteiger partial charge >= 0.3 is 0 Å². The third-order valence-electron chi connectivity index (χ3n) is 2.69. The largest absolute Gasteiger partial charge is 0.481 e. The van der Waals surface area contributed by atoms with Gasteiger partial charge in [0.25, 0.3) is 11.6 Å². The molecule has 2 aromatic rings. The number of nitro groups is 1. The molecule has 0 spiro atoms. The van der Waals surface area contributed by atoms with E-state index in [4.69, 9.17) is 39.5 Å². The molecule has 120 valence electrons. The number of amides is 1. The molecule has 0 saturated heterocycles. The van der Waals surface area contributed by atoms with Gasteiger partial charge in [-0.25, -0.2) is 0 Å². The van der Waals surface area contributed by atoms with Crippen molar-refractivity contribution in [2.45, 2.75) is 0 Å². The summed E-state index contributed by atoms with van der Waals surface area (Å²) in [6.45, 7) is -0.423. The number of hydrogen-bond acceptors (Lipinski definition) is 4. The Hall–Kier alpha value is -2.02. The van der Waals surface area contributed by atoms with Crippen molar-refractivity contribution >= 4 is 52.1 Å². The minimum absolute atomic E-state index is 0.0689. The summed E-state index contributed by atoms with van der Waals surface area (Å²) in [4.78, 5) is 22.2. The molecule has 0 radical (unpaired) electrons. The highest BCUT2D eigenvalue weighted by molar-refractivity contribution is 6.40. The van der Waals surface area contributed by atoms with Crippen molar-refractivity contribution in [2.75, 3.05) is 11.9 Å². The average Bonchev–Trinajstić information content (AvgIpc) is 2.46. The summed E-state index contributed by atoms with van der Waals surface area (Å²) < 4.78 is 5.25. The Morgan fingerprint density at radius 3 is 2.39 bits per heavy atom. The van der Waals surface area contributed by atoms with Gasteiger partial charge in [-0.3, -0.25) is 14.9 Å². The van der Waals surface area contributed by atoms with Gasteiger partial charge in [-0.1, -0.05) is 46.9 Å². The van der Waals surface area contributed by atoms with Gasteiger partial charge in [0.2, 0.25) is 0 Å². The summed E-state index contributed by atoms with van der Waals surface area (Å²) in [7, 11) is 0. The minimum Gasteiger partial charge on any atom is -0.481 e. The Morgan fingerprint density at radius 2 is 1.78 bits per heavy atom. The highest BCUT2D eigenvalue weighted by Crippen LogP contribution is 2.35. The Morgan fingerprint density at radius 1 is 1.17 bits per heavy atom. The molecule has 0 saturated carbocycles. The van der Waals surface area contributed by atoms with Crippen LogP contribution < -0.4 is 10.1 Å². The van der Waals surface area contributed by atoms with Crippen LogP contribution in [0.2, 0.25) is 15.1 Å². The average molecular weight is 376 g/mol. The van der Waals surface area contributed by atoms with E-state index in [-0.39, 0.29) is 27.2 Å². The zero-order chi connectivity index (χ0) is 17.0. The van der Waals surface area contributed by atoms with Gasteiger partial charge in [0.1, 0.15) is 5.69 Å². The molecule has 0 aliphatic rings. The lowest BCUT2D eigenvalue weighted by Crippen LogP contribution is -2.21. The number of nitro benzene ring substituents is 1. The van der Waals surface area contributed by atoms with E-state index in [2.05, 4.69) is 5.32 Å². The highest BCUT2D eigenvalue weighted by Gasteiger charge is 2.16. The molecule has 1 N–H and O–H groups in total. The molecule has 6 nitrogen and oxygen atoms in total. The van der Waals surface area contributed by atoms with Crippen LogP contribution in [0.15, 0.2) is 36.4 Å². The Labute approximate surface area is 146 Å². The normalized spacial score (nSPS) is 10.2. The lowest BCUT2D eigenvalue weighted by molar-refractivity contribution is -0.383. The lowest BCUT2D eigenvalue weighted by atomic mass is 10.2. The van der Waals surface area contributed by atoms with E-state index in [1.807, 2.05) is 0 Å². The summed E-state index contributed by atoms with van der Waals surface area (Å²) in [5.74, 6) is -0.489. The van der Waals surface area contributed by atoms with Crippen LogP contribution in [0.5, 0.6) is 5.75 Å². The fourth-order valence-corrected chi connectivity index (χ4v) is 2.66. The zero-order valence-electron chi connectivity index (χ0n) is 11.4. The van der Waals surface area contributed by atoms with E-state index in [9.17, 15) is 14.9 Å². The molecule has 1 amide bonds. The summed E-state index contributed by atoms with van der Waals surface area (Å²) in [5, 5.41) is 13.9. The van der Waals surface area contributed by atoms with Gasteiger partial charge in [-0.2, -0.15) is 0 Å². The van der Waals surface area contributed by atoms with Crippen molar-refractivity contribution < 1.29 is 14.5 Å². The van der Waals surface area contributed by atoms with Gasteiger partial charge in [0, 0.05) is 11.1 Å². The molecule has 0 heterocycles. The number of rotatable bonds is 5. The number of nitrogens with one attached hydrogen (secondary N) is 1. The molecule has 9 heteroatoms. The van der Waals surface area contributed by atoms with Crippen molar-refractivity contribution in [3.8, 4) is 5.75 Å². The molecule has 0 atom stereocenters. The zero-order valence-corrected chi connectivity index (χ0v) is 13.7. The number of anilines is 1. The molecular weight excluding hydrogens is 367 g/mol. The van der Waals surface area contributed by atoms with E-state index in [0.717, 1.165) is 0 Å². The van der Waals surface area contributed by atoms with Gasteiger partial charge in [-0.05, 0) is 18.2 Å². The number of carbonyl (C=O) groups is 1. The van der Waals surface area contributed by atoms with E-state index >= 15 is 0 Å². The number of benzene rings is 2. The molecule has 0 aromatic heterocycles. The molecule has 0 unspecified atom stereocenters. The van der Waals surface area contributed by atoms with Crippen LogP contribution in [-0.2, 0) is 4.79 Å². The second-order valence-corrected chi connectivity index (χ2v) is 5.56. The van der Waals surface area contributed by atoms with E-state index in [0.29, 0.717) is 5.02 Å². The maximum atomic E-state index is 11.9. The van der Waals surface area contributed by atoms with Crippen LogP contribution in [0.4, 0.5) is 11.4 Å². The maximum Gasteiger partial charge on any atom is 0.292 e. The van der Waals surface area contributed by atoms with Gasteiger partial charge in [0.15, 0.2) is 12.4 Å². The summed E-state index contributed by atoms with van der Waals surface area (Å²) >= 11 is 17.6.